The van der Waals surface area contributed by atoms with E-state index in [1.54, 1.807) is 7.11 Å². The molecule has 0 amide bonds. The molecule has 1 atom stereocenters. The van der Waals surface area contributed by atoms with Crippen LogP contribution in [0.2, 0.25) is 5.02 Å². The number of methoxy groups -OCH3 is 1. The Kier molecular flexibility index (Phi) is 5.66. The summed E-state index contributed by atoms with van der Waals surface area (Å²) in [6.45, 7) is 3.95. The van der Waals surface area contributed by atoms with Crippen LogP contribution in [-0.2, 0) is 16.0 Å². The topological polar surface area (TPSA) is 26.3 Å². The number of halogens is 1. The van der Waals surface area contributed by atoms with Crippen molar-refractivity contribution in [1.29, 1.82) is 0 Å². The Morgan fingerprint density at radius 1 is 1.47 bits per heavy atom. The fraction of sp³-hybridized carbons (Fsp3) is 0.500. The summed E-state index contributed by atoms with van der Waals surface area (Å²) in [5, 5.41) is 0.679. The van der Waals surface area contributed by atoms with Crippen LogP contribution < -0.4 is 0 Å². The van der Waals surface area contributed by atoms with Crippen molar-refractivity contribution in [3.8, 4) is 0 Å². The van der Waals surface area contributed by atoms with E-state index in [4.69, 9.17) is 16.3 Å². The number of hydrogen-bond donors (Lipinski definition) is 0. The lowest BCUT2D eigenvalue weighted by atomic mass is 10.0. The molecule has 0 fully saturated rings. The zero-order valence-corrected chi connectivity index (χ0v) is 11.4. The molecule has 1 aromatic carbocycles. The van der Waals surface area contributed by atoms with E-state index in [2.05, 4.69) is 0 Å². The maximum atomic E-state index is 11.8. The SMILES string of the molecule is COC(C)CCC(=O)Cc1ccc(C)cc1Cl. The summed E-state index contributed by atoms with van der Waals surface area (Å²) in [4.78, 5) is 11.8. The molecule has 1 aromatic rings. The molecule has 0 saturated heterocycles. The fourth-order valence-corrected chi connectivity index (χ4v) is 1.88. The van der Waals surface area contributed by atoms with Gasteiger partial charge in [-0.25, -0.2) is 0 Å². The van der Waals surface area contributed by atoms with Crippen molar-refractivity contribution >= 4 is 17.4 Å². The molecule has 0 saturated carbocycles. The van der Waals surface area contributed by atoms with Gasteiger partial charge in [0.05, 0.1) is 6.10 Å². The highest BCUT2D eigenvalue weighted by Gasteiger charge is 2.09. The summed E-state index contributed by atoms with van der Waals surface area (Å²) < 4.78 is 5.11. The second-order valence-electron chi connectivity index (χ2n) is 4.40. The van der Waals surface area contributed by atoms with Gasteiger partial charge in [-0.05, 0) is 37.5 Å². The molecule has 0 bridgehead atoms. The molecule has 0 aliphatic carbocycles. The Hall–Kier alpha value is -0.860. The monoisotopic (exact) mass is 254 g/mol. The number of ether oxygens (including phenoxy) is 1. The maximum Gasteiger partial charge on any atom is 0.137 e. The normalized spacial score (nSPS) is 12.5. The van der Waals surface area contributed by atoms with Crippen LogP contribution in [-0.4, -0.2) is 19.0 Å². The fourth-order valence-electron chi connectivity index (χ4n) is 1.58. The van der Waals surface area contributed by atoms with Gasteiger partial charge in [0.2, 0.25) is 0 Å². The standard InChI is InChI=1S/C14H19ClO2/c1-10-4-6-12(14(15)8-10)9-13(16)7-5-11(2)17-3/h4,6,8,11H,5,7,9H2,1-3H3. The van der Waals surface area contributed by atoms with Crippen molar-refractivity contribution in [2.24, 2.45) is 0 Å². The third-order valence-electron chi connectivity index (χ3n) is 2.83. The predicted octanol–water partition coefficient (Wildman–Crippen LogP) is 3.58. The Balaban J connectivity index is 2.50. The van der Waals surface area contributed by atoms with Crippen molar-refractivity contribution in [2.75, 3.05) is 7.11 Å². The van der Waals surface area contributed by atoms with Crippen LogP contribution in [0, 0.1) is 6.92 Å². The summed E-state index contributed by atoms with van der Waals surface area (Å²) in [6, 6.07) is 5.80. The Bertz CT molecular complexity index is 388. The molecule has 0 spiro atoms. The lowest BCUT2D eigenvalue weighted by Crippen LogP contribution is -2.10. The molecule has 1 rings (SSSR count). The molecule has 3 heteroatoms. The van der Waals surface area contributed by atoms with Gasteiger partial charge in [-0.2, -0.15) is 0 Å². The van der Waals surface area contributed by atoms with Crippen LogP contribution in [0.5, 0.6) is 0 Å². The molecule has 0 aromatic heterocycles. The number of Topliss-reactive ketones (excluding diaryl/α,β-unsaturated/α-hetero) is 1. The molecule has 17 heavy (non-hydrogen) atoms. The molecule has 0 heterocycles. The van der Waals surface area contributed by atoms with E-state index in [0.717, 1.165) is 17.5 Å². The van der Waals surface area contributed by atoms with E-state index in [-0.39, 0.29) is 11.9 Å². The smallest absolute Gasteiger partial charge is 0.137 e. The summed E-state index contributed by atoms with van der Waals surface area (Å²) in [6.07, 6.45) is 1.85. The summed E-state index contributed by atoms with van der Waals surface area (Å²) >= 11 is 6.09. The highest BCUT2D eigenvalue weighted by atomic mass is 35.5. The molecule has 0 radical (unpaired) electrons. The van der Waals surface area contributed by atoms with Crippen LogP contribution >= 0.6 is 11.6 Å². The van der Waals surface area contributed by atoms with Gasteiger partial charge < -0.3 is 4.74 Å². The first kappa shape index (κ1) is 14.2. The number of hydrogen-bond acceptors (Lipinski definition) is 2. The zero-order valence-electron chi connectivity index (χ0n) is 10.6. The first-order valence-electron chi connectivity index (χ1n) is 5.82. The number of ketones is 1. The van der Waals surface area contributed by atoms with E-state index in [1.165, 1.54) is 0 Å². The first-order valence-corrected chi connectivity index (χ1v) is 6.20. The second-order valence-corrected chi connectivity index (χ2v) is 4.80. The van der Waals surface area contributed by atoms with E-state index >= 15 is 0 Å². The van der Waals surface area contributed by atoms with E-state index in [9.17, 15) is 4.79 Å². The molecule has 94 valence electrons. The van der Waals surface area contributed by atoms with Crippen molar-refractivity contribution < 1.29 is 9.53 Å². The van der Waals surface area contributed by atoms with Crippen molar-refractivity contribution in [1.82, 2.24) is 0 Å². The first-order chi connectivity index (χ1) is 8.02. The summed E-state index contributed by atoms with van der Waals surface area (Å²) in [5.74, 6) is 0.208. The second kappa shape index (κ2) is 6.77. The van der Waals surface area contributed by atoms with Gasteiger partial charge in [-0.15, -0.1) is 0 Å². The van der Waals surface area contributed by atoms with Crippen molar-refractivity contribution in [2.45, 2.75) is 39.2 Å². The van der Waals surface area contributed by atoms with Crippen LogP contribution in [0.3, 0.4) is 0 Å². The number of carbonyl (C=O) groups is 1. The Morgan fingerprint density at radius 2 is 2.18 bits per heavy atom. The summed E-state index contributed by atoms with van der Waals surface area (Å²) in [7, 11) is 1.66. The van der Waals surface area contributed by atoms with Gasteiger partial charge in [-0.3, -0.25) is 4.79 Å². The minimum absolute atomic E-state index is 0.132. The van der Waals surface area contributed by atoms with Crippen molar-refractivity contribution in [3.63, 3.8) is 0 Å². The van der Waals surface area contributed by atoms with E-state index in [1.807, 2.05) is 32.0 Å². The van der Waals surface area contributed by atoms with E-state index in [0.29, 0.717) is 17.9 Å². The number of carbonyl (C=O) groups excluding carboxylic acids is 1. The Morgan fingerprint density at radius 3 is 2.76 bits per heavy atom. The Labute approximate surface area is 108 Å². The van der Waals surface area contributed by atoms with Crippen LogP contribution in [0.1, 0.15) is 30.9 Å². The minimum atomic E-state index is 0.132. The largest absolute Gasteiger partial charge is 0.382 e. The average molecular weight is 255 g/mol. The quantitative estimate of drug-likeness (QED) is 0.776. The van der Waals surface area contributed by atoms with Gasteiger partial charge >= 0.3 is 0 Å². The molecule has 0 aliphatic rings. The van der Waals surface area contributed by atoms with Crippen molar-refractivity contribution in [3.05, 3.63) is 34.3 Å². The van der Waals surface area contributed by atoms with E-state index < -0.39 is 0 Å². The van der Waals surface area contributed by atoms with Gasteiger partial charge in [0.15, 0.2) is 0 Å². The lowest BCUT2D eigenvalue weighted by molar-refractivity contribution is -0.119. The summed E-state index contributed by atoms with van der Waals surface area (Å²) in [5.41, 5.74) is 2.02. The molecular formula is C14H19ClO2. The van der Waals surface area contributed by atoms with Gasteiger partial charge in [0, 0.05) is 25.0 Å². The predicted molar refractivity (Wildman–Crippen MR) is 70.6 cm³/mol. The molecule has 2 nitrogen and oxygen atoms in total. The van der Waals surface area contributed by atoms with Gasteiger partial charge in [0.25, 0.3) is 0 Å². The van der Waals surface area contributed by atoms with Gasteiger partial charge in [0.1, 0.15) is 5.78 Å². The minimum Gasteiger partial charge on any atom is -0.382 e. The van der Waals surface area contributed by atoms with Crippen LogP contribution in [0.25, 0.3) is 0 Å². The number of benzene rings is 1. The van der Waals surface area contributed by atoms with Crippen LogP contribution in [0.15, 0.2) is 18.2 Å². The van der Waals surface area contributed by atoms with Gasteiger partial charge in [-0.1, -0.05) is 23.7 Å². The average Bonchev–Trinajstić information content (AvgIpc) is 2.29. The highest BCUT2D eigenvalue weighted by molar-refractivity contribution is 6.31. The zero-order chi connectivity index (χ0) is 12.8. The third-order valence-corrected chi connectivity index (χ3v) is 3.18. The lowest BCUT2D eigenvalue weighted by Gasteiger charge is -2.09. The maximum absolute atomic E-state index is 11.8. The number of aryl methyl sites for hydroxylation is 1. The molecule has 0 aliphatic heterocycles. The van der Waals surface area contributed by atoms with Crippen LogP contribution in [0.4, 0.5) is 0 Å². The number of rotatable bonds is 6. The molecular weight excluding hydrogens is 236 g/mol. The third kappa shape index (κ3) is 4.88. The molecule has 1 unspecified atom stereocenters. The highest BCUT2D eigenvalue weighted by Crippen LogP contribution is 2.19. The molecule has 0 N–H and O–H groups in total.